The van der Waals surface area contributed by atoms with Gasteiger partial charge >= 0.3 is 129 Å². The van der Waals surface area contributed by atoms with Gasteiger partial charge in [-0.1, -0.05) is 364 Å². The van der Waals surface area contributed by atoms with Crippen LogP contribution in [0, 0.1) is 0 Å². The summed E-state index contributed by atoms with van der Waals surface area (Å²) in [5.41, 5.74) is 0. The zero-order valence-electron chi connectivity index (χ0n) is 51.1. The second-order valence-electron chi connectivity index (χ2n) is 20.1. The Hall–Kier alpha value is -3.45. The van der Waals surface area contributed by atoms with Crippen molar-refractivity contribution in [2.75, 3.05) is 17.7 Å². The van der Waals surface area contributed by atoms with Crippen LogP contribution in [0.1, 0.15) is 0 Å². The van der Waals surface area contributed by atoms with E-state index in [-0.39, 0.29) is 30.3 Å². The second-order valence-corrected chi connectivity index (χ2v) is 42.0. The maximum atomic E-state index is 9.87. The molecular formula is C75H66Cl5F6P7Ru3. The molecule has 0 amide bonds. The van der Waals surface area contributed by atoms with E-state index in [1.165, 1.54) is 81.4 Å². The Balaban J connectivity index is 0.000000206. The van der Waals surface area contributed by atoms with Crippen LogP contribution in [0.15, 0.2) is 364 Å². The van der Waals surface area contributed by atoms with Gasteiger partial charge in [0.2, 0.25) is 0 Å². The molecule has 0 bridgehead atoms. The summed E-state index contributed by atoms with van der Waals surface area (Å²) in [6.07, 6.45) is 0. The first-order valence-electron chi connectivity index (χ1n) is 29.2. The Labute approximate surface area is 615 Å². The van der Waals surface area contributed by atoms with Crippen molar-refractivity contribution < 1.29 is 72.8 Å². The number of hydrogen-bond donors (Lipinski definition) is 0. The molecular weight excluding hydrogens is 1710 g/mol. The average molecular weight is 1780 g/mol. The molecule has 502 valence electrons. The van der Waals surface area contributed by atoms with Gasteiger partial charge in [-0.15, -0.1) is 0 Å². The molecule has 0 N–H and O–H groups in total. The number of benzene rings is 12. The van der Waals surface area contributed by atoms with E-state index in [0.717, 1.165) is 0 Å². The maximum absolute atomic E-state index is 10.7. The fourth-order valence-corrected chi connectivity index (χ4v) is 29.0. The molecule has 0 aromatic heterocycles. The zero-order valence-corrected chi connectivity index (χ0v) is 66.4. The van der Waals surface area contributed by atoms with Crippen LogP contribution in [0.3, 0.4) is 0 Å². The molecule has 0 unspecified atom stereocenters. The fraction of sp³-hybridized carbons (Fsp3) is 0.0400. The Morgan fingerprint density at radius 2 is 0.260 bits per heavy atom. The molecule has 0 aliphatic carbocycles. The molecule has 0 aliphatic rings. The third-order valence-corrected chi connectivity index (χ3v) is 31.5. The number of halogens is 11. The largest absolute Gasteiger partial charge is 0.0622 e. The summed E-state index contributed by atoms with van der Waals surface area (Å²) in [5.74, 6) is 3.52. The van der Waals surface area contributed by atoms with Crippen molar-refractivity contribution >= 4 is 167 Å². The molecule has 0 saturated carbocycles. The van der Waals surface area contributed by atoms with Crippen LogP contribution in [-0.2, 0) is 47.6 Å². The standard InChI is InChI=1S/3C25H22P2.5ClH.F6P.3Ru/c3*1-5-13-22(14-6-1)26(23-15-7-2-8-16-23)21-27(24-17-9-3-10-18-24)25-19-11-4-12-20-25;;;;;;1-7(2,3,4,5)6;;;/h3*1-20H,21H2;5*1H;;;;/q;;;;;;;;-1;3*+2/p-5. The zero-order chi connectivity index (χ0) is 68.8. The van der Waals surface area contributed by atoms with E-state index in [0.29, 0.717) is 0 Å². The van der Waals surface area contributed by atoms with E-state index < -0.39 is 55.3 Å². The summed E-state index contributed by atoms with van der Waals surface area (Å²) in [6.45, 7) is 0. The molecule has 21 heteroatoms. The molecule has 0 radical (unpaired) electrons. The molecule has 0 spiro atoms. The van der Waals surface area contributed by atoms with Gasteiger partial charge in [-0.25, -0.2) is 0 Å². The van der Waals surface area contributed by atoms with Gasteiger partial charge in [0.05, 0.1) is 0 Å². The van der Waals surface area contributed by atoms with Crippen LogP contribution in [0.25, 0.3) is 0 Å². The van der Waals surface area contributed by atoms with Crippen molar-refractivity contribution in [3.63, 3.8) is 0 Å². The van der Waals surface area contributed by atoms with E-state index in [4.69, 9.17) is 38.8 Å². The predicted octanol–water partition coefficient (Wildman–Crippen LogP) is 22.5. The Bertz CT molecular complexity index is 3070. The van der Waals surface area contributed by atoms with E-state index >= 15 is 0 Å². The molecule has 12 aromatic rings. The molecule has 0 nitrogen and oxygen atoms in total. The first kappa shape index (κ1) is 81.5. The normalized spacial score (nSPS) is 11.5. The molecule has 12 aromatic carbocycles. The van der Waals surface area contributed by atoms with E-state index in [2.05, 4.69) is 374 Å². The Morgan fingerprint density at radius 3 is 0.323 bits per heavy atom. The van der Waals surface area contributed by atoms with Crippen molar-refractivity contribution in [2.24, 2.45) is 0 Å². The summed E-state index contributed by atoms with van der Waals surface area (Å²) < 4.78 is 59.2. The monoisotopic (exact) mass is 1780 g/mol. The number of rotatable bonds is 18. The summed E-state index contributed by atoms with van der Waals surface area (Å²) >= 11 is 1.13. The maximum Gasteiger partial charge on any atom is 0.00405 e. The van der Waals surface area contributed by atoms with Crippen LogP contribution in [0.4, 0.5) is 25.2 Å². The van der Waals surface area contributed by atoms with E-state index in [1.54, 1.807) is 0 Å². The van der Waals surface area contributed by atoms with Crippen LogP contribution in [0.5, 0.6) is 0 Å². The van der Waals surface area contributed by atoms with Crippen LogP contribution in [0.2, 0.25) is 0 Å². The summed E-state index contributed by atoms with van der Waals surface area (Å²) in [4.78, 5) is 0. The quantitative estimate of drug-likeness (QED) is 0.0456. The van der Waals surface area contributed by atoms with Crippen molar-refractivity contribution in [3.05, 3.63) is 364 Å². The minimum Gasteiger partial charge on any atom is -0.0622 e. The second kappa shape index (κ2) is 44.0. The molecule has 12 rings (SSSR count). The van der Waals surface area contributed by atoms with Crippen LogP contribution >= 0.6 is 104 Å². The summed E-state index contributed by atoms with van der Waals surface area (Å²) in [5, 5.41) is 17.5. The minimum absolute atomic E-state index is 0.346. The third kappa shape index (κ3) is 31.2. The number of hydrogen-bond acceptors (Lipinski definition) is 0. The molecule has 0 heterocycles. The average Bonchev–Trinajstić information content (AvgIpc) is 0.952. The topological polar surface area (TPSA) is 0 Å². The predicted molar refractivity (Wildman–Crippen MR) is 412 cm³/mol. The van der Waals surface area contributed by atoms with Gasteiger partial charge in [-0.3, -0.25) is 0 Å². The SMILES string of the molecule is F[P-](F)(F)(F)(F)F.[Cl][Ru+].[Cl][Ru][Cl].[Cl][Ru][Cl].c1ccc(P(CP(c2ccccc2)c2ccccc2)c2ccccc2)cc1.c1ccc(P(CP(c2ccccc2)c2ccccc2)c2ccccc2)cc1.c1ccc(P(CP(c2ccccc2)c2ccccc2)c2ccccc2)cc1. The van der Waals surface area contributed by atoms with Crippen LogP contribution < -0.4 is 63.7 Å². The van der Waals surface area contributed by atoms with Gasteiger partial charge < -0.3 is 0 Å². The van der Waals surface area contributed by atoms with Gasteiger partial charge in [-0.2, -0.15) is 0 Å². The van der Waals surface area contributed by atoms with Crippen molar-refractivity contribution in [3.8, 4) is 0 Å². The van der Waals surface area contributed by atoms with Gasteiger partial charge in [0.15, 0.2) is 0 Å². The first-order chi connectivity index (χ1) is 46.5. The van der Waals surface area contributed by atoms with E-state index in [9.17, 15) is 25.2 Å². The summed E-state index contributed by atoms with van der Waals surface area (Å²) in [6, 6.07) is 132. The molecule has 96 heavy (non-hydrogen) atoms. The Morgan fingerprint density at radius 1 is 0.198 bits per heavy atom. The van der Waals surface area contributed by atoms with Crippen LogP contribution in [-0.4, -0.2) is 17.7 Å². The minimum atomic E-state index is -10.7. The van der Waals surface area contributed by atoms with E-state index in [1.807, 2.05) is 17.3 Å². The van der Waals surface area contributed by atoms with Gasteiger partial charge in [0.25, 0.3) is 0 Å². The third-order valence-electron chi connectivity index (χ3n) is 13.7. The van der Waals surface area contributed by atoms with Gasteiger partial charge in [0, 0.05) is 17.7 Å². The van der Waals surface area contributed by atoms with Crippen molar-refractivity contribution in [2.45, 2.75) is 0 Å². The fourth-order valence-electron chi connectivity index (χ4n) is 9.59. The molecule has 0 fully saturated rings. The smallest absolute Gasteiger partial charge is 0.00405 e. The molecule has 0 aliphatic heterocycles. The first-order valence-corrected chi connectivity index (χ1v) is 51.6. The van der Waals surface area contributed by atoms with Crippen molar-refractivity contribution in [1.82, 2.24) is 0 Å². The Kier molecular flexibility index (Phi) is 37.4. The van der Waals surface area contributed by atoms with Gasteiger partial charge in [-0.05, 0) is 111 Å². The van der Waals surface area contributed by atoms with Crippen molar-refractivity contribution in [1.29, 1.82) is 0 Å². The molecule has 0 atom stereocenters. The molecule has 0 saturated heterocycles. The summed E-state index contributed by atoms with van der Waals surface area (Å²) in [7, 11) is 10.9. The van der Waals surface area contributed by atoms with Gasteiger partial charge in [0.1, 0.15) is 0 Å².